The van der Waals surface area contributed by atoms with Crippen molar-refractivity contribution >= 4 is 29.4 Å². The molecule has 2 N–H and O–H groups in total. The van der Waals surface area contributed by atoms with Gasteiger partial charge in [0.2, 0.25) is 0 Å². The lowest BCUT2D eigenvalue weighted by Gasteiger charge is -2.01. The molecule has 1 amide bonds. The second-order valence-corrected chi connectivity index (χ2v) is 6.18. The van der Waals surface area contributed by atoms with Gasteiger partial charge >= 0.3 is 0 Å². The Morgan fingerprint density at radius 1 is 1.29 bits per heavy atom. The standard InChI is InChI=1S/C18H14ClN5O4/c1-11-15(18(26)23(22-11)13-6-4-5-12(19)9-13)10-20-21-17(25)14-7-2-3-8-16(14)24(27)28/h2-10,22H,1H3,(H,21,25)/b20-10-. The van der Waals surface area contributed by atoms with Crippen LogP contribution < -0.4 is 11.0 Å². The van der Waals surface area contributed by atoms with Crippen molar-refractivity contribution in [1.29, 1.82) is 0 Å². The van der Waals surface area contributed by atoms with E-state index >= 15 is 0 Å². The van der Waals surface area contributed by atoms with Crippen molar-refractivity contribution in [2.24, 2.45) is 5.10 Å². The molecule has 0 unspecified atom stereocenters. The first-order valence-corrected chi connectivity index (χ1v) is 8.40. The Morgan fingerprint density at radius 2 is 2.04 bits per heavy atom. The number of H-pyrrole nitrogens is 1. The third-order valence-electron chi connectivity index (χ3n) is 3.89. The molecule has 10 heteroatoms. The predicted octanol–water partition coefficient (Wildman–Crippen LogP) is 2.80. The zero-order valence-electron chi connectivity index (χ0n) is 14.5. The molecule has 0 aliphatic carbocycles. The minimum Gasteiger partial charge on any atom is -0.295 e. The number of aromatic nitrogens is 2. The summed E-state index contributed by atoms with van der Waals surface area (Å²) < 4.78 is 1.30. The van der Waals surface area contributed by atoms with Gasteiger partial charge in [-0.25, -0.2) is 10.1 Å². The smallest absolute Gasteiger partial charge is 0.282 e. The van der Waals surface area contributed by atoms with Crippen LogP contribution in [0, 0.1) is 17.0 Å². The Morgan fingerprint density at radius 3 is 2.75 bits per heavy atom. The third-order valence-corrected chi connectivity index (χ3v) is 4.12. The minimum atomic E-state index is -0.757. The Bertz CT molecular complexity index is 1150. The maximum atomic E-state index is 12.6. The molecule has 0 aliphatic rings. The van der Waals surface area contributed by atoms with Crippen molar-refractivity contribution in [3.63, 3.8) is 0 Å². The summed E-state index contributed by atoms with van der Waals surface area (Å²) >= 11 is 5.95. The molecular formula is C18H14ClN5O4. The summed E-state index contributed by atoms with van der Waals surface area (Å²) in [6.07, 6.45) is 1.18. The molecule has 0 spiro atoms. The van der Waals surface area contributed by atoms with Gasteiger partial charge in [0.25, 0.3) is 17.2 Å². The lowest BCUT2D eigenvalue weighted by atomic mass is 10.2. The number of para-hydroxylation sites is 1. The SMILES string of the molecule is Cc1[nH]n(-c2cccc(Cl)c2)c(=O)c1/C=N\NC(=O)c1ccccc1[N+](=O)[O-]. The molecule has 9 nitrogen and oxygen atoms in total. The summed E-state index contributed by atoms with van der Waals surface area (Å²) in [6.45, 7) is 1.67. The molecule has 28 heavy (non-hydrogen) atoms. The average molecular weight is 400 g/mol. The third kappa shape index (κ3) is 3.84. The Balaban J connectivity index is 1.83. The maximum absolute atomic E-state index is 12.6. The van der Waals surface area contributed by atoms with E-state index < -0.39 is 10.8 Å². The fourth-order valence-corrected chi connectivity index (χ4v) is 2.73. The number of carbonyl (C=O) groups excluding carboxylic acids is 1. The Hall–Kier alpha value is -3.72. The predicted molar refractivity (Wildman–Crippen MR) is 104 cm³/mol. The van der Waals surface area contributed by atoms with E-state index in [1.165, 1.54) is 35.2 Å². The highest BCUT2D eigenvalue weighted by molar-refractivity contribution is 6.30. The van der Waals surface area contributed by atoms with Gasteiger partial charge in [-0.05, 0) is 31.2 Å². The fraction of sp³-hybridized carbons (Fsp3) is 0.0556. The molecule has 0 radical (unpaired) electrons. The summed E-state index contributed by atoms with van der Waals surface area (Å²) in [5.41, 5.74) is 2.64. The fourth-order valence-electron chi connectivity index (χ4n) is 2.55. The number of rotatable bonds is 5. The van der Waals surface area contributed by atoms with Crippen LogP contribution in [0.15, 0.2) is 58.4 Å². The van der Waals surface area contributed by atoms with Crippen LogP contribution in [-0.4, -0.2) is 26.8 Å². The van der Waals surface area contributed by atoms with Gasteiger partial charge in [0, 0.05) is 16.8 Å². The van der Waals surface area contributed by atoms with Crippen molar-refractivity contribution in [2.75, 3.05) is 0 Å². The number of benzene rings is 2. The van der Waals surface area contributed by atoms with E-state index in [1.54, 1.807) is 31.2 Å². The number of nitrogens with zero attached hydrogens (tertiary/aromatic N) is 3. The van der Waals surface area contributed by atoms with Gasteiger partial charge in [0.05, 0.1) is 22.4 Å². The second kappa shape index (κ2) is 7.89. The number of halogens is 1. The van der Waals surface area contributed by atoms with Crippen LogP contribution in [-0.2, 0) is 0 Å². The minimum absolute atomic E-state index is 0.133. The van der Waals surface area contributed by atoms with Gasteiger partial charge in [-0.2, -0.15) is 5.10 Å². The summed E-state index contributed by atoms with van der Waals surface area (Å²) in [6, 6.07) is 12.2. The molecule has 3 rings (SSSR count). The van der Waals surface area contributed by atoms with Crippen molar-refractivity contribution < 1.29 is 9.72 Å². The van der Waals surface area contributed by atoms with Crippen LogP contribution >= 0.6 is 11.6 Å². The van der Waals surface area contributed by atoms with E-state index in [9.17, 15) is 19.7 Å². The molecule has 142 valence electrons. The van der Waals surface area contributed by atoms with E-state index in [4.69, 9.17) is 11.6 Å². The molecule has 3 aromatic rings. The Labute approximate surface area is 163 Å². The van der Waals surface area contributed by atoms with Crippen molar-refractivity contribution in [1.82, 2.24) is 15.2 Å². The number of hydrogen-bond donors (Lipinski definition) is 2. The number of nitrogens with one attached hydrogen (secondary N) is 2. The van der Waals surface area contributed by atoms with Crippen LogP contribution in [0.3, 0.4) is 0 Å². The number of hydrazone groups is 1. The van der Waals surface area contributed by atoms with Crippen LogP contribution in [0.5, 0.6) is 0 Å². The van der Waals surface area contributed by atoms with Gasteiger partial charge in [0.1, 0.15) is 5.56 Å². The molecule has 0 aliphatic heterocycles. The number of nitro benzene ring substituents is 1. The largest absolute Gasteiger partial charge is 0.295 e. The van der Waals surface area contributed by atoms with Crippen LogP contribution in [0.2, 0.25) is 5.02 Å². The van der Waals surface area contributed by atoms with Crippen LogP contribution in [0.4, 0.5) is 5.69 Å². The summed E-state index contributed by atoms with van der Waals surface area (Å²) in [7, 11) is 0. The van der Waals surface area contributed by atoms with Crippen molar-refractivity contribution in [3.8, 4) is 5.69 Å². The van der Waals surface area contributed by atoms with Gasteiger partial charge in [-0.1, -0.05) is 29.8 Å². The topological polar surface area (TPSA) is 122 Å². The first kappa shape index (κ1) is 19.1. The van der Waals surface area contributed by atoms with Crippen molar-refractivity contribution in [2.45, 2.75) is 6.92 Å². The molecule has 0 saturated heterocycles. The summed E-state index contributed by atoms with van der Waals surface area (Å²) in [5.74, 6) is -0.757. The van der Waals surface area contributed by atoms with E-state index in [0.29, 0.717) is 16.4 Å². The lowest BCUT2D eigenvalue weighted by molar-refractivity contribution is -0.385. The normalized spacial score (nSPS) is 10.9. The zero-order valence-corrected chi connectivity index (χ0v) is 15.3. The molecular weight excluding hydrogens is 386 g/mol. The summed E-state index contributed by atoms with van der Waals surface area (Å²) in [4.78, 5) is 35.1. The van der Waals surface area contributed by atoms with Crippen LogP contribution in [0.25, 0.3) is 5.69 Å². The van der Waals surface area contributed by atoms with Gasteiger partial charge in [-0.15, -0.1) is 0 Å². The first-order chi connectivity index (χ1) is 13.4. The van der Waals surface area contributed by atoms with Gasteiger partial charge in [0.15, 0.2) is 0 Å². The number of aromatic amines is 1. The number of carbonyl (C=O) groups is 1. The second-order valence-electron chi connectivity index (χ2n) is 5.74. The molecule has 1 aromatic heterocycles. The quantitative estimate of drug-likeness (QED) is 0.389. The van der Waals surface area contributed by atoms with Crippen LogP contribution in [0.1, 0.15) is 21.6 Å². The van der Waals surface area contributed by atoms with E-state index in [1.807, 2.05) is 0 Å². The highest BCUT2D eigenvalue weighted by Gasteiger charge is 2.18. The molecule has 0 fully saturated rings. The molecule has 0 saturated carbocycles. The number of hydrogen-bond acceptors (Lipinski definition) is 5. The van der Waals surface area contributed by atoms with E-state index in [-0.39, 0.29) is 22.4 Å². The van der Waals surface area contributed by atoms with Crippen molar-refractivity contribution in [3.05, 3.63) is 90.8 Å². The number of nitro groups is 1. The molecule has 1 heterocycles. The van der Waals surface area contributed by atoms with Gasteiger partial charge in [-0.3, -0.25) is 24.8 Å². The van der Waals surface area contributed by atoms with Gasteiger partial charge < -0.3 is 0 Å². The number of amides is 1. The molecule has 2 aromatic carbocycles. The molecule has 0 bridgehead atoms. The van der Waals surface area contributed by atoms with E-state index in [0.717, 1.165) is 0 Å². The first-order valence-electron chi connectivity index (χ1n) is 8.03. The lowest BCUT2D eigenvalue weighted by Crippen LogP contribution is -2.21. The molecule has 0 atom stereocenters. The average Bonchev–Trinajstić information content (AvgIpc) is 2.96. The highest BCUT2D eigenvalue weighted by atomic mass is 35.5. The Kier molecular flexibility index (Phi) is 5.37. The highest BCUT2D eigenvalue weighted by Crippen LogP contribution is 2.17. The number of aryl methyl sites for hydroxylation is 1. The monoisotopic (exact) mass is 399 g/mol. The zero-order chi connectivity index (χ0) is 20.3. The maximum Gasteiger partial charge on any atom is 0.282 e. The summed E-state index contributed by atoms with van der Waals surface area (Å²) in [5, 5.41) is 18.1. The van der Waals surface area contributed by atoms with E-state index in [2.05, 4.69) is 15.6 Å².